The Balaban J connectivity index is 2.46. The highest BCUT2D eigenvalue weighted by atomic mass is 79.9. The van der Waals surface area contributed by atoms with Crippen LogP contribution in [0.3, 0.4) is 0 Å². The SMILES string of the molecule is O=C(O)Cc1ccc(-c2ccc(Br)cc2)n1CC(=O)O. The number of benzene rings is 1. The van der Waals surface area contributed by atoms with Crippen molar-refractivity contribution in [3.8, 4) is 11.3 Å². The highest BCUT2D eigenvalue weighted by Gasteiger charge is 2.14. The summed E-state index contributed by atoms with van der Waals surface area (Å²) in [5.74, 6) is -2.00. The highest BCUT2D eigenvalue weighted by molar-refractivity contribution is 9.10. The molecule has 0 spiro atoms. The molecule has 0 aliphatic heterocycles. The van der Waals surface area contributed by atoms with Crippen LogP contribution in [0, 0.1) is 0 Å². The van der Waals surface area contributed by atoms with Crippen LogP contribution < -0.4 is 0 Å². The number of hydrogen-bond acceptors (Lipinski definition) is 2. The summed E-state index contributed by atoms with van der Waals surface area (Å²) in [5, 5.41) is 17.9. The average molecular weight is 338 g/mol. The Hall–Kier alpha value is -2.08. The molecule has 6 heteroatoms. The van der Waals surface area contributed by atoms with Crippen molar-refractivity contribution in [3.63, 3.8) is 0 Å². The number of hydrogen-bond donors (Lipinski definition) is 2. The zero-order valence-corrected chi connectivity index (χ0v) is 12.0. The van der Waals surface area contributed by atoms with Gasteiger partial charge in [-0.05, 0) is 29.8 Å². The minimum absolute atomic E-state index is 0.205. The van der Waals surface area contributed by atoms with Crippen molar-refractivity contribution in [2.24, 2.45) is 0 Å². The first-order valence-corrected chi connectivity index (χ1v) is 6.64. The molecular weight excluding hydrogens is 326 g/mol. The van der Waals surface area contributed by atoms with Crippen LogP contribution in [-0.4, -0.2) is 26.7 Å². The second-order valence-electron chi connectivity index (χ2n) is 4.27. The molecule has 0 unspecified atom stereocenters. The average Bonchev–Trinajstić information content (AvgIpc) is 2.72. The Bertz CT molecular complexity index is 646. The van der Waals surface area contributed by atoms with Gasteiger partial charge in [0.15, 0.2) is 0 Å². The molecule has 0 fully saturated rings. The molecule has 5 nitrogen and oxygen atoms in total. The largest absolute Gasteiger partial charge is 0.481 e. The summed E-state index contributed by atoms with van der Waals surface area (Å²) in [4.78, 5) is 21.8. The Morgan fingerprint density at radius 2 is 1.65 bits per heavy atom. The number of carboxylic acid groups (broad SMARTS) is 2. The summed E-state index contributed by atoms with van der Waals surface area (Å²) < 4.78 is 2.43. The maximum Gasteiger partial charge on any atom is 0.323 e. The Morgan fingerprint density at radius 3 is 2.20 bits per heavy atom. The maximum absolute atomic E-state index is 11.0. The third kappa shape index (κ3) is 3.27. The van der Waals surface area contributed by atoms with Crippen LogP contribution in [0.2, 0.25) is 0 Å². The lowest BCUT2D eigenvalue weighted by atomic mass is 10.1. The first kappa shape index (κ1) is 14.3. The van der Waals surface area contributed by atoms with Crippen molar-refractivity contribution in [1.29, 1.82) is 0 Å². The van der Waals surface area contributed by atoms with Crippen LogP contribution in [0.25, 0.3) is 11.3 Å². The molecule has 104 valence electrons. The van der Waals surface area contributed by atoms with E-state index in [1.54, 1.807) is 12.1 Å². The van der Waals surface area contributed by atoms with Gasteiger partial charge in [0, 0.05) is 15.9 Å². The standard InChI is InChI=1S/C14H12BrNO4/c15-10-3-1-9(2-4-10)12-6-5-11(7-13(17)18)16(12)8-14(19)20/h1-6H,7-8H2,(H,17,18)(H,19,20). The normalized spacial score (nSPS) is 10.4. The molecule has 0 saturated heterocycles. The van der Waals surface area contributed by atoms with Crippen molar-refractivity contribution >= 4 is 27.9 Å². The minimum atomic E-state index is -1.01. The number of halogens is 1. The molecule has 0 aliphatic carbocycles. The van der Waals surface area contributed by atoms with E-state index in [0.717, 1.165) is 10.0 Å². The van der Waals surface area contributed by atoms with Gasteiger partial charge in [-0.1, -0.05) is 28.1 Å². The first-order valence-electron chi connectivity index (χ1n) is 5.85. The lowest BCUT2D eigenvalue weighted by molar-refractivity contribution is -0.139. The molecule has 2 N–H and O–H groups in total. The molecule has 2 aromatic rings. The van der Waals surface area contributed by atoms with Gasteiger partial charge in [-0.3, -0.25) is 9.59 Å². The quantitative estimate of drug-likeness (QED) is 0.878. The molecule has 0 atom stereocenters. The van der Waals surface area contributed by atoms with Gasteiger partial charge in [-0.2, -0.15) is 0 Å². The van der Waals surface area contributed by atoms with Crippen molar-refractivity contribution in [2.75, 3.05) is 0 Å². The summed E-state index contributed by atoms with van der Waals surface area (Å²) in [6.07, 6.45) is -0.205. The van der Waals surface area contributed by atoms with Crippen LogP contribution in [0.1, 0.15) is 5.69 Å². The molecular formula is C14H12BrNO4. The third-order valence-electron chi connectivity index (χ3n) is 2.84. The zero-order chi connectivity index (χ0) is 14.7. The number of aliphatic carboxylic acids is 2. The fraction of sp³-hybridized carbons (Fsp3) is 0.143. The topological polar surface area (TPSA) is 79.5 Å². The predicted octanol–water partition coefficient (Wildman–Crippen LogP) is 2.63. The highest BCUT2D eigenvalue weighted by Crippen LogP contribution is 2.24. The monoisotopic (exact) mass is 337 g/mol. The van der Waals surface area contributed by atoms with Crippen LogP contribution >= 0.6 is 15.9 Å². The summed E-state index contributed by atoms with van der Waals surface area (Å²) in [6.45, 7) is -0.263. The molecule has 0 bridgehead atoms. The predicted molar refractivity (Wildman–Crippen MR) is 76.5 cm³/mol. The van der Waals surface area contributed by atoms with Gasteiger partial charge in [-0.25, -0.2) is 0 Å². The Kier molecular flexibility index (Phi) is 4.24. The Labute approximate surface area is 123 Å². The second kappa shape index (κ2) is 5.92. The summed E-state index contributed by atoms with van der Waals surface area (Å²) >= 11 is 3.34. The van der Waals surface area contributed by atoms with Gasteiger partial charge < -0.3 is 14.8 Å². The van der Waals surface area contributed by atoms with Crippen molar-refractivity contribution in [2.45, 2.75) is 13.0 Å². The number of nitrogens with zero attached hydrogens (tertiary/aromatic N) is 1. The van der Waals surface area contributed by atoms with Gasteiger partial charge >= 0.3 is 11.9 Å². The molecule has 1 aromatic carbocycles. The molecule has 1 aromatic heterocycles. The van der Waals surface area contributed by atoms with E-state index in [2.05, 4.69) is 15.9 Å². The van der Waals surface area contributed by atoms with Gasteiger partial charge in [0.1, 0.15) is 6.54 Å². The van der Waals surface area contributed by atoms with Crippen LogP contribution in [0.4, 0.5) is 0 Å². The summed E-state index contributed by atoms with van der Waals surface area (Å²) in [7, 11) is 0. The third-order valence-corrected chi connectivity index (χ3v) is 3.37. The number of rotatable bonds is 5. The molecule has 0 aliphatic rings. The lowest BCUT2D eigenvalue weighted by Crippen LogP contribution is -2.14. The van der Waals surface area contributed by atoms with E-state index >= 15 is 0 Å². The van der Waals surface area contributed by atoms with Crippen molar-refractivity contribution in [1.82, 2.24) is 4.57 Å². The number of carbonyl (C=O) groups is 2. The Morgan fingerprint density at radius 1 is 1.00 bits per heavy atom. The number of carboxylic acids is 2. The zero-order valence-electron chi connectivity index (χ0n) is 10.4. The molecule has 0 saturated carbocycles. The van der Waals surface area contributed by atoms with E-state index in [1.165, 1.54) is 4.57 Å². The van der Waals surface area contributed by atoms with E-state index < -0.39 is 11.9 Å². The van der Waals surface area contributed by atoms with E-state index in [4.69, 9.17) is 10.2 Å². The van der Waals surface area contributed by atoms with E-state index in [0.29, 0.717) is 11.4 Å². The molecule has 20 heavy (non-hydrogen) atoms. The van der Waals surface area contributed by atoms with Crippen LogP contribution in [0.5, 0.6) is 0 Å². The van der Waals surface area contributed by atoms with Gasteiger partial charge in [-0.15, -0.1) is 0 Å². The van der Waals surface area contributed by atoms with E-state index in [1.807, 2.05) is 24.3 Å². The van der Waals surface area contributed by atoms with Crippen molar-refractivity contribution in [3.05, 3.63) is 46.6 Å². The van der Waals surface area contributed by atoms with Gasteiger partial charge in [0.05, 0.1) is 6.42 Å². The second-order valence-corrected chi connectivity index (χ2v) is 5.18. The van der Waals surface area contributed by atoms with Crippen LogP contribution in [0.15, 0.2) is 40.9 Å². The molecule has 2 rings (SSSR count). The molecule has 1 heterocycles. The van der Waals surface area contributed by atoms with Crippen LogP contribution in [-0.2, 0) is 22.6 Å². The minimum Gasteiger partial charge on any atom is -0.481 e. The fourth-order valence-electron chi connectivity index (χ4n) is 2.01. The van der Waals surface area contributed by atoms with E-state index in [9.17, 15) is 9.59 Å². The number of aromatic nitrogens is 1. The molecule has 0 amide bonds. The first-order chi connectivity index (χ1) is 9.47. The van der Waals surface area contributed by atoms with Crippen molar-refractivity contribution < 1.29 is 19.8 Å². The maximum atomic E-state index is 11.0. The lowest BCUT2D eigenvalue weighted by Gasteiger charge is -2.10. The molecule has 0 radical (unpaired) electrons. The fourth-order valence-corrected chi connectivity index (χ4v) is 2.28. The summed E-state index contributed by atoms with van der Waals surface area (Å²) in [6, 6.07) is 10.8. The van der Waals surface area contributed by atoms with E-state index in [-0.39, 0.29) is 13.0 Å². The van der Waals surface area contributed by atoms with Gasteiger partial charge in [0.25, 0.3) is 0 Å². The summed E-state index contributed by atoms with van der Waals surface area (Å²) in [5.41, 5.74) is 2.00. The van der Waals surface area contributed by atoms with Gasteiger partial charge in [0.2, 0.25) is 0 Å². The smallest absolute Gasteiger partial charge is 0.323 e.